The number of nitrogens with one attached hydrogen (secondary N) is 1. The number of carbonyl (C=O) groups is 1. The van der Waals surface area contributed by atoms with Crippen LogP contribution in [-0.2, 0) is 24.8 Å². The van der Waals surface area contributed by atoms with E-state index in [2.05, 4.69) is 28.3 Å². The molecule has 0 atom stereocenters. The van der Waals surface area contributed by atoms with E-state index in [1.54, 1.807) is 18.9 Å². The molecule has 0 aliphatic carbocycles. The van der Waals surface area contributed by atoms with E-state index in [4.69, 9.17) is 14.5 Å². The van der Waals surface area contributed by atoms with Crippen LogP contribution in [-0.4, -0.2) is 58.9 Å². The van der Waals surface area contributed by atoms with Gasteiger partial charge in [-0.1, -0.05) is 18.2 Å². The van der Waals surface area contributed by atoms with Gasteiger partial charge >= 0.3 is 0 Å². The highest BCUT2D eigenvalue weighted by atomic mass is 16.5. The minimum Gasteiger partial charge on any atom is -0.496 e. The molecule has 3 heterocycles. The summed E-state index contributed by atoms with van der Waals surface area (Å²) in [6, 6.07) is 8.39. The summed E-state index contributed by atoms with van der Waals surface area (Å²) >= 11 is 0. The number of ether oxygens (including phenoxy) is 2. The SMILES string of the molecule is COc1ccccc1CN1CCC(NC(=O)CCc2c(C)nc3c(c(OC)nn3C)c2C)CC1. The number of aryl methyl sites for hydroxylation is 3. The van der Waals surface area contributed by atoms with Gasteiger partial charge in [0.15, 0.2) is 5.65 Å². The van der Waals surface area contributed by atoms with Gasteiger partial charge in [0.05, 0.1) is 19.6 Å². The van der Waals surface area contributed by atoms with Crippen LogP contribution >= 0.6 is 0 Å². The summed E-state index contributed by atoms with van der Waals surface area (Å²) in [7, 11) is 5.20. The zero-order chi connectivity index (χ0) is 24.2. The fourth-order valence-electron chi connectivity index (χ4n) is 4.96. The first kappa shape index (κ1) is 24.0. The third-order valence-corrected chi connectivity index (χ3v) is 6.86. The van der Waals surface area contributed by atoms with Crippen LogP contribution in [0, 0.1) is 13.8 Å². The Bertz CT molecular complexity index is 1160. The molecule has 182 valence electrons. The van der Waals surface area contributed by atoms with E-state index in [1.165, 1.54) is 5.56 Å². The van der Waals surface area contributed by atoms with Gasteiger partial charge in [0.1, 0.15) is 5.75 Å². The summed E-state index contributed by atoms with van der Waals surface area (Å²) in [5, 5.41) is 8.58. The Kier molecular flexibility index (Phi) is 7.36. The van der Waals surface area contributed by atoms with Gasteiger partial charge in [0.25, 0.3) is 0 Å². The average Bonchev–Trinajstić information content (AvgIpc) is 3.16. The Morgan fingerprint density at radius 1 is 1.15 bits per heavy atom. The van der Waals surface area contributed by atoms with Gasteiger partial charge in [-0.2, -0.15) is 0 Å². The lowest BCUT2D eigenvalue weighted by Crippen LogP contribution is -2.44. The molecule has 34 heavy (non-hydrogen) atoms. The van der Waals surface area contributed by atoms with Crippen LogP contribution < -0.4 is 14.8 Å². The zero-order valence-electron chi connectivity index (χ0n) is 20.9. The third-order valence-electron chi connectivity index (χ3n) is 6.86. The number of carbonyl (C=O) groups excluding carboxylic acids is 1. The first-order chi connectivity index (χ1) is 16.4. The molecule has 1 fully saturated rings. The number of benzene rings is 1. The molecule has 1 aliphatic rings. The zero-order valence-corrected chi connectivity index (χ0v) is 20.9. The minimum atomic E-state index is 0.0974. The standard InChI is InChI=1S/C26H35N5O3/c1-17-21(18(2)27-25-24(17)26(34-5)29-30(25)3)10-11-23(32)28-20-12-14-31(15-13-20)16-19-8-6-7-9-22(19)33-4/h6-9,20H,10-16H2,1-5H3,(H,28,32). The summed E-state index contributed by atoms with van der Waals surface area (Å²) in [4.78, 5) is 19.9. The van der Waals surface area contributed by atoms with Crippen molar-refractivity contribution < 1.29 is 14.3 Å². The summed E-state index contributed by atoms with van der Waals surface area (Å²) in [6.45, 7) is 6.85. The Morgan fingerprint density at radius 2 is 1.88 bits per heavy atom. The highest BCUT2D eigenvalue weighted by Crippen LogP contribution is 2.30. The summed E-state index contributed by atoms with van der Waals surface area (Å²) in [6.07, 6.45) is 3.01. The van der Waals surface area contributed by atoms with Crippen molar-refractivity contribution in [2.45, 2.75) is 52.1 Å². The normalized spacial score (nSPS) is 15.0. The van der Waals surface area contributed by atoms with Crippen LogP contribution in [0.3, 0.4) is 0 Å². The Labute approximate surface area is 201 Å². The molecule has 1 N–H and O–H groups in total. The number of amides is 1. The molecule has 1 aliphatic heterocycles. The second-order valence-corrected chi connectivity index (χ2v) is 9.06. The number of hydrogen-bond acceptors (Lipinski definition) is 6. The molecular formula is C26H35N5O3. The lowest BCUT2D eigenvalue weighted by molar-refractivity contribution is -0.122. The quantitative estimate of drug-likeness (QED) is 0.550. The van der Waals surface area contributed by atoms with Crippen molar-refractivity contribution >= 4 is 16.9 Å². The summed E-state index contributed by atoms with van der Waals surface area (Å²) in [5.41, 5.74) is 5.13. The molecule has 4 rings (SSSR count). The highest BCUT2D eigenvalue weighted by Gasteiger charge is 2.22. The Morgan fingerprint density at radius 3 is 2.59 bits per heavy atom. The lowest BCUT2D eigenvalue weighted by atomic mass is 9.99. The largest absolute Gasteiger partial charge is 0.496 e. The molecule has 3 aromatic rings. The molecule has 0 radical (unpaired) electrons. The summed E-state index contributed by atoms with van der Waals surface area (Å²) in [5.74, 6) is 1.61. The molecule has 0 bridgehead atoms. The number of aromatic nitrogens is 3. The Hall–Kier alpha value is -3.13. The van der Waals surface area contributed by atoms with E-state index in [1.807, 2.05) is 32.2 Å². The molecule has 0 spiro atoms. The van der Waals surface area contributed by atoms with Gasteiger partial charge in [-0.05, 0) is 50.3 Å². The van der Waals surface area contributed by atoms with Crippen LogP contribution in [0.5, 0.6) is 11.6 Å². The second-order valence-electron chi connectivity index (χ2n) is 9.06. The van der Waals surface area contributed by atoms with Crippen LogP contribution in [0.15, 0.2) is 24.3 Å². The molecule has 0 unspecified atom stereocenters. The topological polar surface area (TPSA) is 81.5 Å². The minimum absolute atomic E-state index is 0.0974. The van der Waals surface area contributed by atoms with Gasteiger partial charge in [-0.15, -0.1) is 5.10 Å². The number of hydrogen-bond donors (Lipinski definition) is 1. The summed E-state index contributed by atoms with van der Waals surface area (Å²) < 4.78 is 12.7. The average molecular weight is 466 g/mol. The van der Waals surface area contributed by atoms with Gasteiger partial charge < -0.3 is 14.8 Å². The Balaban J connectivity index is 1.31. The van der Waals surface area contributed by atoms with Crippen molar-refractivity contribution in [1.29, 1.82) is 0 Å². The van der Waals surface area contributed by atoms with Crippen molar-refractivity contribution in [2.24, 2.45) is 7.05 Å². The molecule has 0 saturated carbocycles. The molecule has 1 amide bonds. The van der Waals surface area contributed by atoms with E-state index in [0.29, 0.717) is 18.7 Å². The first-order valence-corrected chi connectivity index (χ1v) is 11.9. The van der Waals surface area contributed by atoms with Crippen LogP contribution in [0.25, 0.3) is 11.0 Å². The maximum absolute atomic E-state index is 12.8. The van der Waals surface area contributed by atoms with E-state index in [0.717, 1.165) is 66.1 Å². The van der Waals surface area contributed by atoms with Crippen molar-refractivity contribution in [1.82, 2.24) is 25.0 Å². The third kappa shape index (κ3) is 5.01. The van der Waals surface area contributed by atoms with Crippen LogP contribution in [0.1, 0.15) is 41.6 Å². The van der Waals surface area contributed by atoms with E-state index >= 15 is 0 Å². The van der Waals surface area contributed by atoms with Crippen molar-refractivity contribution in [3.8, 4) is 11.6 Å². The van der Waals surface area contributed by atoms with Crippen molar-refractivity contribution in [3.63, 3.8) is 0 Å². The van der Waals surface area contributed by atoms with Gasteiger partial charge in [-0.3, -0.25) is 9.69 Å². The monoisotopic (exact) mass is 465 g/mol. The molecule has 8 nitrogen and oxygen atoms in total. The van der Waals surface area contributed by atoms with Crippen molar-refractivity contribution in [3.05, 3.63) is 46.6 Å². The van der Waals surface area contributed by atoms with Crippen LogP contribution in [0.2, 0.25) is 0 Å². The number of para-hydroxylation sites is 1. The predicted molar refractivity (Wildman–Crippen MR) is 132 cm³/mol. The van der Waals surface area contributed by atoms with Crippen molar-refractivity contribution in [2.75, 3.05) is 27.3 Å². The highest BCUT2D eigenvalue weighted by molar-refractivity contribution is 5.86. The number of rotatable bonds is 8. The molecule has 1 aromatic carbocycles. The fourth-order valence-corrected chi connectivity index (χ4v) is 4.96. The lowest BCUT2D eigenvalue weighted by Gasteiger charge is -2.32. The number of piperidine rings is 1. The van der Waals surface area contributed by atoms with E-state index < -0.39 is 0 Å². The molecule has 2 aromatic heterocycles. The number of methoxy groups -OCH3 is 2. The predicted octanol–water partition coefficient (Wildman–Crippen LogP) is 3.32. The van der Waals surface area contributed by atoms with Crippen LogP contribution in [0.4, 0.5) is 0 Å². The van der Waals surface area contributed by atoms with E-state index in [9.17, 15) is 4.79 Å². The smallest absolute Gasteiger partial charge is 0.242 e. The maximum Gasteiger partial charge on any atom is 0.242 e. The molecule has 1 saturated heterocycles. The number of pyridine rings is 1. The molecule has 8 heteroatoms. The maximum atomic E-state index is 12.8. The number of fused-ring (bicyclic) bond motifs is 1. The van der Waals surface area contributed by atoms with E-state index in [-0.39, 0.29) is 11.9 Å². The number of likely N-dealkylation sites (tertiary alicyclic amines) is 1. The first-order valence-electron chi connectivity index (χ1n) is 11.9. The fraction of sp³-hybridized carbons (Fsp3) is 0.500. The van der Waals surface area contributed by atoms with Gasteiger partial charge in [0, 0.05) is 50.4 Å². The number of nitrogens with zero attached hydrogens (tertiary/aromatic N) is 4. The van der Waals surface area contributed by atoms with Gasteiger partial charge in [-0.25, -0.2) is 9.67 Å². The van der Waals surface area contributed by atoms with Gasteiger partial charge in [0.2, 0.25) is 11.8 Å². The molecular weight excluding hydrogens is 430 g/mol. The second kappa shape index (κ2) is 10.4.